The zero-order valence-corrected chi connectivity index (χ0v) is 17.2. The number of aliphatic carboxylic acids is 2. The molecule has 0 bridgehead atoms. The maximum atomic E-state index is 11.2. The highest BCUT2D eigenvalue weighted by Gasteiger charge is 2.16. The number of primary amides is 1. The fourth-order valence-corrected chi connectivity index (χ4v) is 2.62. The van der Waals surface area contributed by atoms with E-state index >= 15 is 0 Å². The highest BCUT2D eigenvalue weighted by atomic mass is 16.4. The van der Waals surface area contributed by atoms with E-state index in [0.29, 0.717) is 12.2 Å². The largest absolute Gasteiger partial charge is 0.478 e. The molecule has 0 heterocycles. The maximum absolute atomic E-state index is 11.2. The lowest BCUT2D eigenvalue weighted by molar-refractivity contribution is -0.134. The second-order valence-electron chi connectivity index (χ2n) is 6.86. The molecule has 0 fully saturated rings. The number of nitrogens with zero attached hydrogens (tertiary/aromatic N) is 1. The van der Waals surface area contributed by atoms with Gasteiger partial charge in [0.15, 0.2) is 0 Å². The van der Waals surface area contributed by atoms with Gasteiger partial charge in [0.05, 0.1) is 6.04 Å². The van der Waals surface area contributed by atoms with Crippen LogP contribution in [0, 0.1) is 0 Å². The van der Waals surface area contributed by atoms with Gasteiger partial charge >= 0.3 is 11.9 Å². The number of carboxylic acid groups (broad SMARTS) is 2. The SMILES string of the molecule is CCCCCCCCCCCCC(C(N)=O)N(C)C.O=C(O)/C=C\C(=O)O. The molecule has 27 heavy (non-hydrogen) atoms. The van der Waals surface area contributed by atoms with Crippen molar-refractivity contribution in [2.45, 2.75) is 83.6 Å². The molecular weight excluding hydrogens is 348 g/mol. The van der Waals surface area contributed by atoms with Gasteiger partial charge in [-0.2, -0.15) is 0 Å². The fourth-order valence-electron chi connectivity index (χ4n) is 2.62. The van der Waals surface area contributed by atoms with Gasteiger partial charge in [-0.3, -0.25) is 9.69 Å². The molecule has 7 nitrogen and oxygen atoms in total. The molecule has 0 aliphatic rings. The molecular formula is C20H38N2O5. The summed E-state index contributed by atoms with van der Waals surface area (Å²) in [5.74, 6) is -2.71. The summed E-state index contributed by atoms with van der Waals surface area (Å²) >= 11 is 0. The lowest BCUT2D eigenvalue weighted by Crippen LogP contribution is -2.40. The maximum Gasteiger partial charge on any atom is 0.328 e. The predicted octanol–water partition coefficient (Wildman–Crippen LogP) is 3.42. The van der Waals surface area contributed by atoms with Crippen molar-refractivity contribution in [2.24, 2.45) is 5.73 Å². The Hall–Kier alpha value is -1.89. The fraction of sp³-hybridized carbons (Fsp3) is 0.750. The van der Waals surface area contributed by atoms with Crippen LogP contribution in [0.25, 0.3) is 0 Å². The normalized spacial score (nSPS) is 11.9. The molecule has 0 aliphatic heterocycles. The molecule has 7 heteroatoms. The van der Waals surface area contributed by atoms with Crippen molar-refractivity contribution < 1.29 is 24.6 Å². The quantitative estimate of drug-likeness (QED) is 0.293. The van der Waals surface area contributed by atoms with Crippen molar-refractivity contribution in [1.29, 1.82) is 0 Å². The molecule has 1 unspecified atom stereocenters. The first-order chi connectivity index (χ1) is 12.7. The van der Waals surface area contributed by atoms with Crippen LogP contribution in [0.5, 0.6) is 0 Å². The van der Waals surface area contributed by atoms with Gasteiger partial charge in [-0.05, 0) is 20.5 Å². The minimum Gasteiger partial charge on any atom is -0.478 e. The average Bonchev–Trinajstić information content (AvgIpc) is 2.57. The first kappa shape index (κ1) is 27.3. The molecule has 0 rings (SSSR count). The molecule has 158 valence electrons. The summed E-state index contributed by atoms with van der Waals surface area (Å²) < 4.78 is 0. The molecule has 1 amide bonds. The summed E-state index contributed by atoms with van der Waals surface area (Å²) in [6.45, 7) is 2.26. The van der Waals surface area contributed by atoms with Crippen LogP contribution in [0.15, 0.2) is 12.2 Å². The van der Waals surface area contributed by atoms with Crippen LogP contribution in [-0.2, 0) is 14.4 Å². The number of rotatable bonds is 15. The van der Waals surface area contributed by atoms with Crippen molar-refractivity contribution in [1.82, 2.24) is 4.90 Å². The van der Waals surface area contributed by atoms with Crippen molar-refractivity contribution >= 4 is 17.8 Å². The molecule has 0 aromatic heterocycles. The van der Waals surface area contributed by atoms with Gasteiger partial charge in [0.25, 0.3) is 0 Å². The van der Waals surface area contributed by atoms with Crippen LogP contribution in [0.1, 0.15) is 77.6 Å². The molecule has 0 aromatic rings. The van der Waals surface area contributed by atoms with Crippen molar-refractivity contribution in [2.75, 3.05) is 14.1 Å². The van der Waals surface area contributed by atoms with E-state index in [1.807, 2.05) is 19.0 Å². The van der Waals surface area contributed by atoms with E-state index in [-0.39, 0.29) is 11.9 Å². The molecule has 0 saturated heterocycles. The van der Waals surface area contributed by atoms with Gasteiger partial charge < -0.3 is 15.9 Å². The number of likely N-dealkylation sites (N-methyl/N-ethyl adjacent to an activating group) is 1. The number of unbranched alkanes of at least 4 members (excludes halogenated alkanes) is 9. The summed E-state index contributed by atoms with van der Waals surface area (Å²) in [6, 6.07) is -0.0888. The Labute approximate surface area is 163 Å². The van der Waals surface area contributed by atoms with Crippen LogP contribution in [-0.4, -0.2) is 53.1 Å². The van der Waals surface area contributed by atoms with Gasteiger partial charge in [-0.1, -0.05) is 71.1 Å². The smallest absolute Gasteiger partial charge is 0.328 e. The third-order valence-electron chi connectivity index (χ3n) is 4.15. The van der Waals surface area contributed by atoms with Crippen molar-refractivity contribution in [3.05, 3.63) is 12.2 Å². The van der Waals surface area contributed by atoms with Crippen molar-refractivity contribution in [3.8, 4) is 0 Å². The van der Waals surface area contributed by atoms with Crippen LogP contribution in [0.4, 0.5) is 0 Å². The van der Waals surface area contributed by atoms with E-state index in [2.05, 4.69) is 6.92 Å². The molecule has 0 saturated carbocycles. The van der Waals surface area contributed by atoms with E-state index in [1.54, 1.807) is 0 Å². The van der Waals surface area contributed by atoms with E-state index in [1.165, 1.54) is 57.8 Å². The third kappa shape index (κ3) is 22.1. The Morgan fingerprint density at radius 2 is 1.19 bits per heavy atom. The first-order valence-electron chi connectivity index (χ1n) is 9.82. The van der Waals surface area contributed by atoms with Gasteiger partial charge in [0.2, 0.25) is 5.91 Å². The number of nitrogens with two attached hydrogens (primary N) is 1. The van der Waals surface area contributed by atoms with Gasteiger partial charge in [0, 0.05) is 12.2 Å². The minimum atomic E-state index is -1.26. The number of carbonyl (C=O) groups is 3. The summed E-state index contributed by atoms with van der Waals surface area (Å²) in [4.78, 5) is 32.2. The Balaban J connectivity index is 0. The minimum absolute atomic E-state index is 0.0888. The third-order valence-corrected chi connectivity index (χ3v) is 4.15. The lowest BCUT2D eigenvalue weighted by Gasteiger charge is -2.20. The Kier molecular flexibility index (Phi) is 19.1. The van der Waals surface area contributed by atoms with Crippen LogP contribution < -0.4 is 5.73 Å². The summed E-state index contributed by atoms with van der Waals surface area (Å²) in [5, 5.41) is 15.6. The average molecular weight is 387 g/mol. The van der Waals surface area contributed by atoms with Gasteiger partial charge in [-0.25, -0.2) is 9.59 Å². The van der Waals surface area contributed by atoms with E-state index in [0.717, 1.165) is 12.8 Å². The lowest BCUT2D eigenvalue weighted by atomic mass is 10.0. The number of hydrogen-bond donors (Lipinski definition) is 3. The predicted molar refractivity (Wildman–Crippen MR) is 108 cm³/mol. The summed E-state index contributed by atoms with van der Waals surface area (Å²) in [7, 11) is 3.84. The van der Waals surface area contributed by atoms with Gasteiger partial charge in [0.1, 0.15) is 0 Å². The highest BCUT2D eigenvalue weighted by molar-refractivity contribution is 5.89. The molecule has 0 radical (unpaired) electrons. The Morgan fingerprint density at radius 3 is 1.48 bits per heavy atom. The summed E-state index contributed by atoms with van der Waals surface area (Å²) in [6.07, 6.45) is 15.3. The highest BCUT2D eigenvalue weighted by Crippen LogP contribution is 2.13. The zero-order valence-electron chi connectivity index (χ0n) is 17.2. The second kappa shape index (κ2) is 18.9. The van der Waals surface area contributed by atoms with Crippen LogP contribution in [0.3, 0.4) is 0 Å². The van der Waals surface area contributed by atoms with E-state index in [4.69, 9.17) is 15.9 Å². The second-order valence-corrected chi connectivity index (χ2v) is 6.86. The standard InChI is InChI=1S/C16H34N2O.C4H4O4/c1-4-5-6-7-8-9-10-11-12-13-14-15(16(17)19)18(2)3;5-3(6)1-2-4(7)8/h15H,4-14H2,1-3H3,(H2,17,19);1-2H,(H,5,6)(H,7,8)/b;2-1-. The molecule has 1 atom stereocenters. The molecule has 0 aromatic carbocycles. The van der Waals surface area contributed by atoms with Crippen LogP contribution in [0.2, 0.25) is 0 Å². The molecule has 0 aliphatic carbocycles. The van der Waals surface area contributed by atoms with Crippen molar-refractivity contribution in [3.63, 3.8) is 0 Å². The zero-order chi connectivity index (χ0) is 21.1. The monoisotopic (exact) mass is 386 g/mol. The number of carbonyl (C=O) groups excluding carboxylic acids is 1. The Bertz CT molecular complexity index is 420. The van der Waals surface area contributed by atoms with E-state index in [9.17, 15) is 14.4 Å². The van der Waals surface area contributed by atoms with E-state index < -0.39 is 11.9 Å². The number of amides is 1. The number of hydrogen-bond acceptors (Lipinski definition) is 4. The molecule has 0 spiro atoms. The first-order valence-corrected chi connectivity index (χ1v) is 9.82. The summed E-state index contributed by atoms with van der Waals surface area (Å²) in [5.41, 5.74) is 5.38. The number of carboxylic acids is 2. The molecule has 4 N–H and O–H groups in total. The Morgan fingerprint density at radius 1 is 0.815 bits per heavy atom. The van der Waals surface area contributed by atoms with Gasteiger partial charge in [-0.15, -0.1) is 0 Å². The van der Waals surface area contributed by atoms with Crippen LogP contribution >= 0.6 is 0 Å². The topological polar surface area (TPSA) is 121 Å².